The van der Waals surface area contributed by atoms with E-state index >= 15 is 0 Å². The summed E-state index contributed by atoms with van der Waals surface area (Å²) in [5.74, 6) is 0. The van der Waals surface area contributed by atoms with Crippen LogP contribution in [0.15, 0.2) is 54.6 Å². The highest BCUT2D eigenvalue weighted by molar-refractivity contribution is 5.75. The fourth-order valence-electron chi connectivity index (χ4n) is 1.79. The van der Waals surface area contributed by atoms with Gasteiger partial charge in [0.05, 0.1) is 6.54 Å². The molecule has 2 aromatic carbocycles. The van der Waals surface area contributed by atoms with Crippen molar-refractivity contribution in [2.24, 2.45) is 5.73 Å². The molecule has 0 unspecified atom stereocenters. The van der Waals surface area contributed by atoms with Crippen LogP contribution in [0.2, 0.25) is 0 Å². The smallest absolute Gasteiger partial charge is 0.214 e. The molecule has 2 N–H and O–H groups in total. The van der Waals surface area contributed by atoms with E-state index in [0.29, 0.717) is 13.1 Å². The molecule has 1 amide bonds. The van der Waals surface area contributed by atoms with Gasteiger partial charge in [-0.3, -0.25) is 4.79 Å². The van der Waals surface area contributed by atoms with Crippen molar-refractivity contribution in [1.29, 1.82) is 0 Å². The predicted octanol–water partition coefficient (Wildman–Crippen LogP) is 2.31. The second kappa shape index (κ2) is 5.98. The average molecular weight is 240 g/mol. The summed E-state index contributed by atoms with van der Waals surface area (Å²) in [4.78, 5) is 12.8. The van der Waals surface area contributed by atoms with E-state index in [-0.39, 0.29) is 0 Å². The van der Waals surface area contributed by atoms with Crippen LogP contribution in [0.3, 0.4) is 0 Å². The first-order chi connectivity index (χ1) is 8.83. The van der Waals surface area contributed by atoms with Crippen molar-refractivity contribution >= 4 is 12.1 Å². The van der Waals surface area contributed by atoms with Gasteiger partial charge in [0.2, 0.25) is 6.41 Å². The van der Waals surface area contributed by atoms with E-state index in [1.165, 1.54) is 0 Å². The second-order valence-electron chi connectivity index (χ2n) is 4.09. The molecule has 0 atom stereocenters. The second-order valence-corrected chi connectivity index (χ2v) is 4.09. The molecule has 92 valence electrons. The van der Waals surface area contributed by atoms with E-state index in [4.69, 9.17) is 5.73 Å². The predicted molar refractivity (Wildman–Crippen MR) is 73.0 cm³/mol. The highest BCUT2D eigenvalue weighted by Crippen LogP contribution is 2.16. The van der Waals surface area contributed by atoms with Gasteiger partial charge in [0.1, 0.15) is 0 Å². The van der Waals surface area contributed by atoms with Crippen molar-refractivity contribution in [3.63, 3.8) is 0 Å². The normalized spacial score (nSPS) is 10.1. The van der Waals surface area contributed by atoms with Gasteiger partial charge in [-0.2, -0.15) is 0 Å². The minimum absolute atomic E-state index is 0.514. The number of rotatable bonds is 5. The Morgan fingerprint density at radius 3 is 2.17 bits per heavy atom. The summed E-state index contributed by atoms with van der Waals surface area (Å²) in [5.41, 5.74) is 8.59. The molecule has 3 heteroatoms. The summed E-state index contributed by atoms with van der Waals surface area (Å²) in [6, 6.07) is 17.6. The topological polar surface area (TPSA) is 46.3 Å². The molecule has 0 aliphatic rings. The number of benzene rings is 2. The first kappa shape index (κ1) is 12.3. The molecule has 0 fully saturated rings. The van der Waals surface area contributed by atoms with Crippen molar-refractivity contribution in [3.8, 4) is 0 Å². The summed E-state index contributed by atoms with van der Waals surface area (Å²) in [5, 5.41) is 0. The van der Waals surface area contributed by atoms with Crippen molar-refractivity contribution in [2.75, 3.05) is 4.90 Å². The molecule has 0 saturated carbocycles. The monoisotopic (exact) mass is 240 g/mol. The molecule has 0 saturated heterocycles. The molecule has 0 aliphatic heterocycles. The number of hydrogen-bond donors (Lipinski definition) is 1. The molecule has 0 heterocycles. The van der Waals surface area contributed by atoms with Crippen molar-refractivity contribution in [3.05, 3.63) is 65.7 Å². The minimum Gasteiger partial charge on any atom is -0.326 e. The Kier molecular flexibility index (Phi) is 4.10. The van der Waals surface area contributed by atoms with Crippen LogP contribution in [0, 0.1) is 0 Å². The Hall–Kier alpha value is -2.13. The molecule has 0 aromatic heterocycles. The zero-order valence-corrected chi connectivity index (χ0v) is 10.1. The quantitative estimate of drug-likeness (QED) is 0.815. The SMILES string of the molecule is NCc1ccc(N(C=O)Cc2ccccc2)cc1. The lowest BCUT2D eigenvalue weighted by Gasteiger charge is -2.17. The maximum absolute atomic E-state index is 11.2. The molecule has 2 rings (SSSR count). The van der Waals surface area contributed by atoms with E-state index in [9.17, 15) is 4.79 Å². The van der Waals surface area contributed by atoms with Gasteiger partial charge < -0.3 is 10.6 Å². The van der Waals surface area contributed by atoms with Gasteiger partial charge in [-0.05, 0) is 23.3 Å². The van der Waals surface area contributed by atoms with Gasteiger partial charge in [-0.25, -0.2) is 0 Å². The maximum atomic E-state index is 11.2. The van der Waals surface area contributed by atoms with E-state index in [0.717, 1.165) is 23.2 Å². The van der Waals surface area contributed by atoms with E-state index < -0.39 is 0 Å². The van der Waals surface area contributed by atoms with E-state index in [2.05, 4.69) is 0 Å². The number of anilines is 1. The molecule has 3 nitrogen and oxygen atoms in total. The highest BCUT2D eigenvalue weighted by atomic mass is 16.1. The van der Waals surface area contributed by atoms with Crippen LogP contribution in [-0.4, -0.2) is 6.41 Å². The fourth-order valence-corrected chi connectivity index (χ4v) is 1.79. The van der Waals surface area contributed by atoms with E-state index in [1.807, 2.05) is 54.6 Å². The Morgan fingerprint density at radius 1 is 0.944 bits per heavy atom. The molecule has 18 heavy (non-hydrogen) atoms. The van der Waals surface area contributed by atoms with Crippen LogP contribution in [0.1, 0.15) is 11.1 Å². The Morgan fingerprint density at radius 2 is 1.61 bits per heavy atom. The zero-order valence-electron chi connectivity index (χ0n) is 10.1. The van der Waals surface area contributed by atoms with Gasteiger partial charge in [0.15, 0.2) is 0 Å². The molecule has 0 bridgehead atoms. The summed E-state index contributed by atoms with van der Waals surface area (Å²) >= 11 is 0. The van der Waals surface area contributed by atoms with Gasteiger partial charge in [0.25, 0.3) is 0 Å². The number of carbonyl (C=O) groups is 1. The minimum atomic E-state index is 0.514. The lowest BCUT2D eigenvalue weighted by Crippen LogP contribution is -2.20. The molecule has 2 aromatic rings. The standard InChI is InChI=1S/C15H16N2O/c16-10-13-6-8-15(9-7-13)17(12-18)11-14-4-2-1-3-5-14/h1-9,12H,10-11,16H2. The Labute approximate surface area is 107 Å². The third kappa shape index (κ3) is 2.96. The van der Waals surface area contributed by atoms with Crippen LogP contribution < -0.4 is 10.6 Å². The first-order valence-corrected chi connectivity index (χ1v) is 5.88. The maximum Gasteiger partial charge on any atom is 0.214 e. The highest BCUT2D eigenvalue weighted by Gasteiger charge is 2.05. The van der Waals surface area contributed by atoms with Crippen LogP contribution in [0.4, 0.5) is 5.69 Å². The Bertz CT molecular complexity index is 494. The molecule has 0 spiro atoms. The third-order valence-corrected chi connectivity index (χ3v) is 2.83. The number of carbonyl (C=O) groups excluding carboxylic acids is 1. The number of hydrogen-bond acceptors (Lipinski definition) is 2. The Balaban J connectivity index is 2.15. The van der Waals surface area contributed by atoms with Crippen LogP contribution in [-0.2, 0) is 17.9 Å². The summed E-state index contributed by atoms with van der Waals surface area (Å²) in [6.07, 6.45) is 0.852. The summed E-state index contributed by atoms with van der Waals surface area (Å²) < 4.78 is 0. The van der Waals surface area contributed by atoms with Crippen molar-refractivity contribution in [2.45, 2.75) is 13.1 Å². The third-order valence-electron chi connectivity index (χ3n) is 2.83. The summed E-state index contributed by atoms with van der Waals surface area (Å²) in [7, 11) is 0. The van der Waals surface area contributed by atoms with Crippen LogP contribution in [0.25, 0.3) is 0 Å². The molecular formula is C15H16N2O. The molecule has 0 radical (unpaired) electrons. The summed E-state index contributed by atoms with van der Waals surface area (Å²) in [6.45, 7) is 1.09. The van der Waals surface area contributed by atoms with Crippen molar-refractivity contribution in [1.82, 2.24) is 0 Å². The van der Waals surface area contributed by atoms with Crippen LogP contribution >= 0.6 is 0 Å². The largest absolute Gasteiger partial charge is 0.326 e. The van der Waals surface area contributed by atoms with Gasteiger partial charge in [0, 0.05) is 12.2 Å². The fraction of sp³-hybridized carbons (Fsp3) is 0.133. The zero-order chi connectivity index (χ0) is 12.8. The average Bonchev–Trinajstić information content (AvgIpc) is 2.46. The van der Waals surface area contributed by atoms with Crippen molar-refractivity contribution < 1.29 is 4.79 Å². The van der Waals surface area contributed by atoms with Gasteiger partial charge in [-0.15, -0.1) is 0 Å². The van der Waals surface area contributed by atoms with E-state index in [1.54, 1.807) is 4.90 Å². The van der Waals surface area contributed by atoms with Crippen LogP contribution in [0.5, 0.6) is 0 Å². The van der Waals surface area contributed by atoms with Gasteiger partial charge >= 0.3 is 0 Å². The van der Waals surface area contributed by atoms with Gasteiger partial charge in [-0.1, -0.05) is 42.5 Å². The lowest BCUT2D eigenvalue weighted by molar-refractivity contribution is -0.107. The first-order valence-electron chi connectivity index (χ1n) is 5.88. The molecular weight excluding hydrogens is 224 g/mol. The number of nitrogens with two attached hydrogens (primary N) is 1. The lowest BCUT2D eigenvalue weighted by atomic mass is 10.1. The molecule has 0 aliphatic carbocycles. The number of nitrogens with zero attached hydrogens (tertiary/aromatic N) is 1. The number of amides is 1.